The average Bonchev–Trinajstić information content (AvgIpc) is 3.09. The molecule has 3 aromatic rings. The number of benzene rings is 1. The lowest BCUT2D eigenvalue weighted by molar-refractivity contribution is 0.102. The maximum Gasteiger partial charge on any atom is 0.275 e. The second kappa shape index (κ2) is 7.20. The summed E-state index contributed by atoms with van der Waals surface area (Å²) in [5.74, 6) is 0.329. The Hall–Kier alpha value is -2.45. The molecule has 0 fully saturated rings. The van der Waals surface area contributed by atoms with E-state index in [1.165, 1.54) is 15.9 Å². The Morgan fingerprint density at radius 3 is 2.72 bits per heavy atom. The fraction of sp³-hybridized carbons (Fsp3) is 0.118. The van der Waals surface area contributed by atoms with E-state index in [0.717, 1.165) is 16.3 Å². The number of nitrogens with zero attached hydrogens (tertiary/aromatic N) is 2. The summed E-state index contributed by atoms with van der Waals surface area (Å²) >= 11 is 4.67. The summed E-state index contributed by atoms with van der Waals surface area (Å²) < 4.78 is 7.22. The maximum absolute atomic E-state index is 12.4. The number of nitrogens with one attached hydrogen (secondary N) is 1. The van der Waals surface area contributed by atoms with Gasteiger partial charge in [-0.15, -0.1) is 11.3 Å². The first-order valence-electron chi connectivity index (χ1n) is 7.25. The number of aryl methyl sites for hydroxylation is 1. The summed E-state index contributed by atoms with van der Waals surface area (Å²) in [6.07, 6.45) is 1.63. The van der Waals surface area contributed by atoms with Gasteiger partial charge in [-0.25, -0.2) is 4.98 Å². The van der Waals surface area contributed by atoms with Crippen LogP contribution in [0.1, 0.15) is 10.5 Å². The molecule has 1 aromatic carbocycles. The van der Waals surface area contributed by atoms with E-state index < -0.39 is 5.91 Å². The highest BCUT2D eigenvalue weighted by Crippen LogP contribution is 2.26. The molecule has 25 heavy (non-hydrogen) atoms. The molecule has 2 aromatic heterocycles. The van der Waals surface area contributed by atoms with E-state index in [1.807, 2.05) is 24.3 Å². The van der Waals surface area contributed by atoms with E-state index in [2.05, 4.69) is 26.2 Å². The first kappa shape index (κ1) is 17.4. The molecule has 1 amide bonds. The molecule has 0 aliphatic heterocycles. The Kier molecular flexibility index (Phi) is 5.00. The number of halogens is 1. The van der Waals surface area contributed by atoms with E-state index in [1.54, 1.807) is 31.8 Å². The van der Waals surface area contributed by atoms with Crippen LogP contribution in [0, 0.1) is 0 Å². The van der Waals surface area contributed by atoms with Crippen molar-refractivity contribution in [2.45, 2.75) is 0 Å². The van der Waals surface area contributed by atoms with Crippen LogP contribution in [0.15, 0.2) is 51.2 Å². The predicted octanol–water partition coefficient (Wildman–Crippen LogP) is 3.53. The quantitative estimate of drug-likeness (QED) is 0.701. The molecule has 3 rings (SSSR count). The first-order valence-corrected chi connectivity index (χ1v) is 8.92. The zero-order chi connectivity index (χ0) is 18.0. The van der Waals surface area contributed by atoms with Gasteiger partial charge >= 0.3 is 0 Å². The van der Waals surface area contributed by atoms with Crippen LogP contribution in [0.3, 0.4) is 0 Å². The summed E-state index contributed by atoms with van der Waals surface area (Å²) in [5, 5.41) is 4.99. The molecule has 128 valence electrons. The third-order valence-electron chi connectivity index (χ3n) is 3.47. The molecular weight excluding hydrogens is 406 g/mol. The van der Waals surface area contributed by atoms with Crippen molar-refractivity contribution in [3.63, 3.8) is 0 Å². The minimum absolute atomic E-state index is 0.195. The van der Waals surface area contributed by atoms with Crippen molar-refractivity contribution in [3.8, 4) is 16.3 Å². The number of hydrogen-bond donors (Lipinski definition) is 1. The van der Waals surface area contributed by atoms with Gasteiger partial charge in [-0.3, -0.25) is 9.59 Å². The standard InChI is InChI=1S/C17H14BrN3O3S/c1-21-8-11(18)7-13(17(21)23)19-15(22)14-9-25-16(20-14)10-3-5-12(24-2)6-4-10/h3-9H,1-2H3,(H,19,22). The zero-order valence-electron chi connectivity index (χ0n) is 13.4. The summed E-state index contributed by atoms with van der Waals surface area (Å²) in [6.45, 7) is 0. The zero-order valence-corrected chi connectivity index (χ0v) is 15.8. The Morgan fingerprint density at radius 2 is 2.04 bits per heavy atom. The van der Waals surface area contributed by atoms with Gasteiger partial charge in [0, 0.05) is 28.7 Å². The second-order valence-corrected chi connectivity index (χ2v) is 6.98. The molecule has 0 radical (unpaired) electrons. The van der Waals surface area contributed by atoms with Crippen molar-refractivity contribution in [2.24, 2.45) is 7.05 Å². The summed E-state index contributed by atoms with van der Waals surface area (Å²) in [5.41, 5.74) is 1.06. The van der Waals surface area contributed by atoms with Crippen molar-refractivity contribution < 1.29 is 9.53 Å². The molecule has 0 aliphatic carbocycles. The molecule has 0 aliphatic rings. The normalized spacial score (nSPS) is 10.5. The number of carbonyl (C=O) groups excluding carboxylic acids is 1. The molecule has 8 heteroatoms. The molecule has 1 N–H and O–H groups in total. The highest BCUT2D eigenvalue weighted by Gasteiger charge is 2.14. The molecular formula is C17H14BrN3O3S. The van der Waals surface area contributed by atoms with Gasteiger partial charge in [-0.2, -0.15) is 0 Å². The number of anilines is 1. The van der Waals surface area contributed by atoms with Gasteiger partial charge in [0.25, 0.3) is 11.5 Å². The topological polar surface area (TPSA) is 73.2 Å². The minimum atomic E-state index is -0.425. The summed E-state index contributed by atoms with van der Waals surface area (Å²) in [7, 11) is 3.22. The van der Waals surface area contributed by atoms with Gasteiger partial charge in [0.05, 0.1) is 7.11 Å². The molecule has 0 bridgehead atoms. The van der Waals surface area contributed by atoms with E-state index in [4.69, 9.17) is 4.74 Å². The average molecular weight is 420 g/mol. The van der Waals surface area contributed by atoms with Crippen LogP contribution in [0.4, 0.5) is 5.69 Å². The van der Waals surface area contributed by atoms with E-state index in [9.17, 15) is 9.59 Å². The van der Waals surface area contributed by atoms with Gasteiger partial charge in [-0.05, 0) is 46.3 Å². The van der Waals surface area contributed by atoms with Crippen LogP contribution >= 0.6 is 27.3 Å². The Labute approximate surface area is 156 Å². The van der Waals surface area contributed by atoms with Gasteiger partial charge < -0.3 is 14.6 Å². The van der Waals surface area contributed by atoms with Crippen LogP contribution in [0.5, 0.6) is 5.75 Å². The van der Waals surface area contributed by atoms with Crippen LogP contribution < -0.4 is 15.6 Å². The molecule has 0 saturated carbocycles. The predicted molar refractivity (Wildman–Crippen MR) is 101 cm³/mol. The van der Waals surface area contributed by atoms with Crippen LogP contribution in [0.25, 0.3) is 10.6 Å². The highest BCUT2D eigenvalue weighted by molar-refractivity contribution is 9.10. The number of aromatic nitrogens is 2. The monoisotopic (exact) mass is 419 g/mol. The molecule has 0 spiro atoms. The van der Waals surface area contributed by atoms with Crippen LogP contribution in [0.2, 0.25) is 0 Å². The lowest BCUT2D eigenvalue weighted by atomic mass is 10.2. The van der Waals surface area contributed by atoms with Gasteiger partial charge in [0.15, 0.2) is 0 Å². The Bertz CT molecular complexity index is 980. The fourth-order valence-corrected chi connectivity index (χ4v) is 3.53. The second-order valence-electron chi connectivity index (χ2n) is 5.21. The van der Waals surface area contributed by atoms with Crippen molar-refractivity contribution in [3.05, 3.63) is 62.4 Å². The SMILES string of the molecule is COc1ccc(-c2nc(C(=O)Nc3cc(Br)cn(C)c3=O)cs2)cc1. The number of hydrogen-bond acceptors (Lipinski definition) is 5. The van der Waals surface area contributed by atoms with Gasteiger partial charge in [-0.1, -0.05) is 0 Å². The lowest BCUT2D eigenvalue weighted by Gasteiger charge is -2.05. The number of rotatable bonds is 4. The van der Waals surface area contributed by atoms with Gasteiger partial charge in [0.2, 0.25) is 0 Å². The molecule has 6 nitrogen and oxygen atoms in total. The number of carbonyl (C=O) groups is 1. The van der Waals surface area contributed by atoms with E-state index in [0.29, 0.717) is 4.47 Å². The largest absolute Gasteiger partial charge is 0.497 e. The van der Waals surface area contributed by atoms with Crippen molar-refractivity contribution >= 4 is 38.9 Å². The number of pyridine rings is 1. The maximum atomic E-state index is 12.4. The lowest BCUT2D eigenvalue weighted by Crippen LogP contribution is -2.24. The van der Waals surface area contributed by atoms with Gasteiger partial charge in [0.1, 0.15) is 22.1 Å². The Morgan fingerprint density at radius 1 is 1.32 bits per heavy atom. The van der Waals surface area contributed by atoms with E-state index >= 15 is 0 Å². The third-order valence-corrected chi connectivity index (χ3v) is 4.80. The summed E-state index contributed by atoms with van der Waals surface area (Å²) in [6, 6.07) is 8.99. The molecule has 0 unspecified atom stereocenters. The van der Waals surface area contributed by atoms with Crippen molar-refractivity contribution in [2.75, 3.05) is 12.4 Å². The first-order chi connectivity index (χ1) is 12.0. The molecule has 2 heterocycles. The van der Waals surface area contributed by atoms with Crippen LogP contribution in [-0.4, -0.2) is 22.6 Å². The van der Waals surface area contributed by atoms with Crippen molar-refractivity contribution in [1.29, 1.82) is 0 Å². The number of methoxy groups -OCH3 is 1. The minimum Gasteiger partial charge on any atom is -0.497 e. The van der Waals surface area contributed by atoms with Crippen LogP contribution in [-0.2, 0) is 7.05 Å². The fourth-order valence-electron chi connectivity index (χ4n) is 2.19. The smallest absolute Gasteiger partial charge is 0.275 e. The van der Waals surface area contributed by atoms with E-state index in [-0.39, 0.29) is 16.9 Å². The molecule has 0 saturated heterocycles. The highest BCUT2D eigenvalue weighted by atomic mass is 79.9. The third kappa shape index (κ3) is 3.80. The number of thiazole rings is 1. The molecule has 0 atom stereocenters. The summed E-state index contributed by atoms with van der Waals surface area (Å²) in [4.78, 5) is 28.8. The van der Waals surface area contributed by atoms with Crippen molar-refractivity contribution in [1.82, 2.24) is 9.55 Å². The number of ether oxygens (including phenoxy) is 1. The Balaban J connectivity index is 1.82. The number of amides is 1.